The molecular formula is C34H50N6O8. The molecule has 6 N–H and O–H groups in total. The zero-order valence-corrected chi connectivity index (χ0v) is 28.3. The van der Waals surface area contributed by atoms with Crippen LogP contribution in [0, 0.1) is 11.8 Å². The number of nitrogens with one attached hydrogen (secondary N) is 4. The number of ketones is 1. The van der Waals surface area contributed by atoms with E-state index in [1.807, 2.05) is 13.8 Å². The standard InChI is InChI=1S/C34H50N6O8/c1-22(2)20-37-34(47)48-21-25-13-11-24(12-14-25)19-27(41)26(9-8-17-36-33(35)46)38-32(45)31(23(3)4)39-28(42)10-6-5-7-18-40-29(43)15-16-30(40)44/h11-16,22-23,26,31H,5-10,17-21H2,1-4H3,(H,37,47)(H,38,45)(H,39,42)(H3,35,36,46)/t26-,31-/m0/s1. The lowest BCUT2D eigenvalue weighted by Gasteiger charge is -2.25. The van der Waals surface area contributed by atoms with Crippen LogP contribution >= 0.6 is 0 Å². The highest BCUT2D eigenvalue weighted by atomic mass is 16.5. The molecule has 0 spiro atoms. The fourth-order valence-electron chi connectivity index (χ4n) is 4.82. The average molecular weight is 671 g/mol. The molecule has 0 saturated heterocycles. The molecular weight excluding hydrogens is 620 g/mol. The zero-order valence-electron chi connectivity index (χ0n) is 28.3. The summed E-state index contributed by atoms with van der Waals surface area (Å²) in [5, 5.41) is 10.7. The Hall–Kier alpha value is -4.75. The minimum atomic E-state index is -0.889. The number of amides is 7. The number of urea groups is 1. The molecule has 14 nitrogen and oxygen atoms in total. The van der Waals surface area contributed by atoms with E-state index in [-0.39, 0.29) is 68.4 Å². The highest BCUT2D eigenvalue weighted by molar-refractivity contribution is 6.12. The number of carbonyl (C=O) groups excluding carboxylic acids is 7. The maximum Gasteiger partial charge on any atom is 0.407 e. The number of primary amides is 1. The van der Waals surface area contributed by atoms with Crippen molar-refractivity contribution in [2.75, 3.05) is 19.6 Å². The number of nitrogens with zero attached hydrogens (tertiary/aromatic N) is 1. The summed E-state index contributed by atoms with van der Waals surface area (Å²) in [6, 6.07) is 4.56. The van der Waals surface area contributed by atoms with Crippen molar-refractivity contribution in [3.63, 3.8) is 0 Å². The van der Waals surface area contributed by atoms with Gasteiger partial charge in [-0.05, 0) is 48.6 Å². The van der Waals surface area contributed by atoms with Crippen LogP contribution in [0.25, 0.3) is 0 Å². The molecule has 0 fully saturated rings. The Morgan fingerprint density at radius 3 is 2.08 bits per heavy atom. The summed E-state index contributed by atoms with van der Waals surface area (Å²) in [6.45, 7) is 8.61. The topological polar surface area (TPSA) is 206 Å². The van der Waals surface area contributed by atoms with Crippen LogP contribution in [0.1, 0.15) is 77.3 Å². The van der Waals surface area contributed by atoms with Gasteiger partial charge in [-0.3, -0.25) is 28.9 Å². The highest BCUT2D eigenvalue weighted by Crippen LogP contribution is 2.12. The van der Waals surface area contributed by atoms with Crippen LogP contribution in [0.2, 0.25) is 0 Å². The first kappa shape index (κ1) is 39.4. The van der Waals surface area contributed by atoms with E-state index in [0.29, 0.717) is 43.7 Å². The minimum Gasteiger partial charge on any atom is -0.445 e. The molecule has 264 valence electrons. The number of rotatable bonds is 21. The quantitative estimate of drug-likeness (QED) is 0.0966. The van der Waals surface area contributed by atoms with E-state index in [1.54, 1.807) is 38.1 Å². The molecule has 1 aliphatic heterocycles. The van der Waals surface area contributed by atoms with Crippen LogP contribution in [-0.2, 0) is 41.7 Å². The molecule has 1 heterocycles. The van der Waals surface area contributed by atoms with E-state index in [0.717, 1.165) is 10.5 Å². The Labute approximate surface area is 281 Å². The van der Waals surface area contributed by atoms with E-state index in [4.69, 9.17) is 10.5 Å². The third-order valence-electron chi connectivity index (χ3n) is 7.55. The summed E-state index contributed by atoms with van der Waals surface area (Å²) < 4.78 is 5.22. The van der Waals surface area contributed by atoms with Gasteiger partial charge < -0.3 is 31.7 Å². The third kappa shape index (κ3) is 14.8. The van der Waals surface area contributed by atoms with Crippen molar-refractivity contribution in [1.29, 1.82) is 0 Å². The SMILES string of the molecule is CC(C)CNC(=O)OCc1ccc(CC(=O)[C@H](CCCNC(N)=O)NC(=O)[C@@H](NC(=O)CCCCCN2C(=O)C=CC2=O)C(C)C)cc1. The minimum absolute atomic E-state index is 0.0214. The lowest BCUT2D eigenvalue weighted by molar-refractivity contribution is -0.137. The molecule has 7 amide bonds. The van der Waals surface area contributed by atoms with Crippen molar-refractivity contribution in [2.24, 2.45) is 17.6 Å². The number of hydrogen-bond donors (Lipinski definition) is 5. The van der Waals surface area contributed by atoms with Gasteiger partial charge in [0.25, 0.3) is 11.8 Å². The summed E-state index contributed by atoms with van der Waals surface area (Å²) >= 11 is 0. The lowest BCUT2D eigenvalue weighted by Crippen LogP contribution is -2.54. The summed E-state index contributed by atoms with van der Waals surface area (Å²) in [7, 11) is 0. The molecule has 1 aromatic rings. The second-order valence-electron chi connectivity index (χ2n) is 12.6. The maximum atomic E-state index is 13.4. The zero-order chi connectivity index (χ0) is 35.6. The fourth-order valence-corrected chi connectivity index (χ4v) is 4.82. The average Bonchev–Trinajstić information content (AvgIpc) is 3.35. The summed E-state index contributed by atoms with van der Waals surface area (Å²) in [5.41, 5.74) is 6.60. The number of imide groups is 1. The predicted molar refractivity (Wildman–Crippen MR) is 178 cm³/mol. The van der Waals surface area contributed by atoms with Crippen LogP contribution in [-0.4, -0.2) is 78.2 Å². The number of benzene rings is 1. The number of nitrogens with two attached hydrogens (primary N) is 1. The van der Waals surface area contributed by atoms with Gasteiger partial charge in [-0.25, -0.2) is 9.59 Å². The monoisotopic (exact) mass is 670 g/mol. The smallest absolute Gasteiger partial charge is 0.407 e. The van der Waals surface area contributed by atoms with Crippen molar-refractivity contribution in [3.8, 4) is 0 Å². The van der Waals surface area contributed by atoms with Gasteiger partial charge >= 0.3 is 12.1 Å². The van der Waals surface area contributed by atoms with Gasteiger partial charge in [-0.1, -0.05) is 58.4 Å². The van der Waals surface area contributed by atoms with Crippen LogP contribution in [0.3, 0.4) is 0 Å². The second-order valence-corrected chi connectivity index (χ2v) is 12.6. The second kappa shape index (κ2) is 20.5. The maximum absolute atomic E-state index is 13.4. The third-order valence-corrected chi connectivity index (χ3v) is 7.55. The predicted octanol–water partition coefficient (Wildman–Crippen LogP) is 2.24. The fraction of sp³-hybridized carbons (Fsp3) is 0.559. The summed E-state index contributed by atoms with van der Waals surface area (Å²) in [6.07, 6.45) is 4.42. The number of unbranched alkanes of at least 4 members (excludes halogenated alkanes) is 2. The van der Waals surface area contributed by atoms with Gasteiger partial charge in [0, 0.05) is 44.6 Å². The number of hydrogen-bond acceptors (Lipinski definition) is 8. The number of carbonyl (C=O) groups is 7. The number of Topliss-reactive ketones (excluding diaryl/α,β-unsaturated/α-hetero) is 1. The molecule has 0 saturated carbocycles. The van der Waals surface area contributed by atoms with Crippen LogP contribution < -0.4 is 27.0 Å². The molecule has 0 radical (unpaired) electrons. The van der Waals surface area contributed by atoms with E-state index < -0.39 is 30.1 Å². The first-order chi connectivity index (χ1) is 22.8. The van der Waals surface area contributed by atoms with E-state index >= 15 is 0 Å². The Balaban J connectivity index is 1.93. The van der Waals surface area contributed by atoms with Crippen LogP contribution in [0.5, 0.6) is 0 Å². The molecule has 0 bridgehead atoms. The molecule has 1 aliphatic rings. The largest absolute Gasteiger partial charge is 0.445 e. The van der Waals surface area contributed by atoms with Crippen molar-refractivity contribution < 1.29 is 38.3 Å². The van der Waals surface area contributed by atoms with Crippen LogP contribution in [0.4, 0.5) is 9.59 Å². The highest BCUT2D eigenvalue weighted by Gasteiger charge is 2.29. The Morgan fingerprint density at radius 2 is 1.48 bits per heavy atom. The van der Waals surface area contributed by atoms with Crippen LogP contribution in [0.15, 0.2) is 36.4 Å². The van der Waals surface area contributed by atoms with Gasteiger partial charge in [0.15, 0.2) is 5.78 Å². The number of ether oxygens (including phenoxy) is 1. The first-order valence-electron chi connectivity index (χ1n) is 16.4. The first-order valence-corrected chi connectivity index (χ1v) is 16.4. The van der Waals surface area contributed by atoms with Crippen molar-refractivity contribution in [3.05, 3.63) is 47.5 Å². The van der Waals surface area contributed by atoms with Gasteiger partial charge in [-0.2, -0.15) is 0 Å². The molecule has 1 aromatic carbocycles. The van der Waals surface area contributed by atoms with Gasteiger partial charge in [-0.15, -0.1) is 0 Å². The Morgan fingerprint density at radius 1 is 0.833 bits per heavy atom. The van der Waals surface area contributed by atoms with Gasteiger partial charge in [0.2, 0.25) is 11.8 Å². The molecule has 2 rings (SSSR count). The summed E-state index contributed by atoms with van der Waals surface area (Å²) in [4.78, 5) is 86.9. The van der Waals surface area contributed by atoms with E-state index in [2.05, 4.69) is 21.3 Å². The molecule has 2 atom stereocenters. The van der Waals surface area contributed by atoms with Gasteiger partial charge in [0.1, 0.15) is 12.6 Å². The Kier molecular flexibility index (Phi) is 16.8. The normalized spacial score (nSPS) is 13.8. The van der Waals surface area contributed by atoms with Crippen molar-refractivity contribution in [2.45, 2.75) is 91.3 Å². The van der Waals surface area contributed by atoms with E-state index in [1.165, 1.54) is 12.2 Å². The van der Waals surface area contributed by atoms with Crippen molar-refractivity contribution in [1.82, 2.24) is 26.2 Å². The van der Waals surface area contributed by atoms with Crippen molar-refractivity contribution >= 4 is 41.5 Å². The van der Waals surface area contributed by atoms with E-state index in [9.17, 15) is 33.6 Å². The molecule has 48 heavy (non-hydrogen) atoms. The Bertz CT molecular complexity index is 1290. The molecule has 14 heteroatoms. The molecule has 0 aliphatic carbocycles. The number of alkyl carbamates (subject to hydrolysis) is 1. The van der Waals surface area contributed by atoms with Gasteiger partial charge in [0.05, 0.1) is 6.04 Å². The summed E-state index contributed by atoms with van der Waals surface area (Å²) in [5.74, 6) is -1.73. The molecule has 0 aromatic heterocycles. The lowest BCUT2D eigenvalue weighted by atomic mass is 9.97. The molecule has 0 unspecified atom stereocenters.